The van der Waals surface area contributed by atoms with Crippen LogP contribution in [0.4, 0.5) is 0 Å². The van der Waals surface area contributed by atoms with E-state index in [1.807, 2.05) is 0 Å². The molecule has 5 nitrogen and oxygen atoms in total. The minimum atomic E-state index is 0.405. The predicted octanol–water partition coefficient (Wildman–Crippen LogP) is 4.41. The van der Waals surface area contributed by atoms with Crippen molar-refractivity contribution >= 4 is 27.6 Å². The van der Waals surface area contributed by atoms with Crippen LogP contribution in [0, 0.1) is 6.92 Å². The van der Waals surface area contributed by atoms with Gasteiger partial charge in [-0.25, -0.2) is 4.98 Å². The largest absolute Gasteiger partial charge is 0.237 e. The first-order valence-corrected chi connectivity index (χ1v) is 9.06. The van der Waals surface area contributed by atoms with Gasteiger partial charge in [-0.05, 0) is 12.8 Å². The molecule has 0 N–H and O–H groups in total. The van der Waals surface area contributed by atoms with Gasteiger partial charge in [-0.1, -0.05) is 55.0 Å². The molecular formula is C16H15N5S2. The number of aryl methyl sites for hydroxylation is 1. The highest BCUT2D eigenvalue weighted by atomic mass is 32.1. The molecule has 3 aromatic heterocycles. The Morgan fingerprint density at radius 2 is 1.83 bits per heavy atom. The molecule has 23 heavy (non-hydrogen) atoms. The molecule has 0 aliphatic rings. The van der Waals surface area contributed by atoms with Crippen molar-refractivity contribution in [2.45, 2.75) is 26.7 Å². The number of hydrogen-bond acceptors (Lipinski definition) is 6. The average molecular weight is 341 g/mol. The Morgan fingerprint density at radius 3 is 2.52 bits per heavy atom. The maximum atomic E-state index is 4.68. The van der Waals surface area contributed by atoms with E-state index in [2.05, 4.69) is 70.7 Å². The molecule has 0 fully saturated rings. The second-order valence-electron chi connectivity index (χ2n) is 5.72. The quantitative estimate of drug-likeness (QED) is 0.554. The predicted molar refractivity (Wildman–Crippen MR) is 94.0 cm³/mol. The summed E-state index contributed by atoms with van der Waals surface area (Å²) in [6.45, 7) is 6.35. The molecule has 0 aliphatic carbocycles. The molecule has 0 bridgehead atoms. The molecule has 1 aromatic carbocycles. The van der Waals surface area contributed by atoms with Crippen LogP contribution in [0.1, 0.15) is 31.0 Å². The Balaban J connectivity index is 1.78. The zero-order chi connectivity index (χ0) is 16.0. The lowest BCUT2D eigenvalue weighted by Crippen LogP contribution is -1.92. The van der Waals surface area contributed by atoms with E-state index < -0.39 is 0 Å². The van der Waals surface area contributed by atoms with Gasteiger partial charge in [-0.15, -0.1) is 21.5 Å². The number of aromatic nitrogens is 5. The zero-order valence-electron chi connectivity index (χ0n) is 13.0. The molecule has 0 aliphatic heterocycles. The molecule has 0 unspecified atom stereocenters. The highest BCUT2D eigenvalue weighted by molar-refractivity contribution is 7.19. The van der Waals surface area contributed by atoms with Crippen LogP contribution >= 0.6 is 22.7 Å². The fourth-order valence-corrected chi connectivity index (χ4v) is 4.01. The van der Waals surface area contributed by atoms with Crippen LogP contribution in [0.3, 0.4) is 0 Å². The van der Waals surface area contributed by atoms with E-state index in [0.717, 1.165) is 26.2 Å². The van der Waals surface area contributed by atoms with Crippen LogP contribution in [0.15, 0.2) is 29.6 Å². The summed E-state index contributed by atoms with van der Waals surface area (Å²) in [5.74, 6) is 1.12. The first-order chi connectivity index (χ1) is 11.1. The molecule has 116 valence electrons. The molecular weight excluding hydrogens is 326 g/mol. The summed E-state index contributed by atoms with van der Waals surface area (Å²) in [5, 5.41) is 17.1. The molecule has 0 amide bonds. The summed E-state index contributed by atoms with van der Waals surface area (Å²) in [7, 11) is 0. The molecule has 7 heteroatoms. The zero-order valence-corrected chi connectivity index (χ0v) is 14.6. The maximum Gasteiger partial charge on any atom is 0.235 e. The normalized spacial score (nSPS) is 11.7. The number of thiazole rings is 1. The average Bonchev–Trinajstić information content (AvgIpc) is 3.22. The highest BCUT2D eigenvalue weighted by Crippen LogP contribution is 2.30. The van der Waals surface area contributed by atoms with Crippen LogP contribution in [0.25, 0.3) is 26.4 Å². The lowest BCUT2D eigenvalue weighted by molar-refractivity contribution is 0.832. The number of hydrogen-bond donors (Lipinski definition) is 0. The minimum absolute atomic E-state index is 0.405. The van der Waals surface area contributed by atoms with Gasteiger partial charge in [0.25, 0.3) is 0 Å². The van der Waals surface area contributed by atoms with Gasteiger partial charge in [0.15, 0.2) is 5.01 Å². The summed E-state index contributed by atoms with van der Waals surface area (Å²) < 4.78 is 1.79. The molecule has 0 spiro atoms. The SMILES string of the molecule is Cc1ccc(-c2nn3c(-c4nc(C(C)C)cs4)nnc3s2)cc1. The molecule has 0 radical (unpaired) electrons. The van der Waals surface area contributed by atoms with Crippen molar-refractivity contribution < 1.29 is 0 Å². The van der Waals surface area contributed by atoms with Crippen LogP contribution < -0.4 is 0 Å². The van der Waals surface area contributed by atoms with E-state index in [1.54, 1.807) is 15.9 Å². The Kier molecular flexibility index (Phi) is 3.46. The first kappa shape index (κ1) is 14.5. The van der Waals surface area contributed by atoms with Gasteiger partial charge in [-0.2, -0.15) is 9.61 Å². The van der Waals surface area contributed by atoms with E-state index in [-0.39, 0.29) is 0 Å². The van der Waals surface area contributed by atoms with Crippen LogP contribution in [0.2, 0.25) is 0 Å². The van der Waals surface area contributed by atoms with E-state index in [9.17, 15) is 0 Å². The van der Waals surface area contributed by atoms with Gasteiger partial charge in [0.2, 0.25) is 10.8 Å². The Labute approximate surface area is 141 Å². The Bertz CT molecular complexity index is 962. The summed E-state index contributed by atoms with van der Waals surface area (Å²) in [4.78, 5) is 5.44. The maximum absolute atomic E-state index is 4.68. The summed E-state index contributed by atoms with van der Waals surface area (Å²) >= 11 is 3.13. The fourth-order valence-electron chi connectivity index (χ4n) is 2.22. The molecule has 0 atom stereocenters. The topological polar surface area (TPSA) is 56.0 Å². The van der Waals surface area contributed by atoms with Gasteiger partial charge in [0.1, 0.15) is 5.01 Å². The molecule has 3 heterocycles. The van der Waals surface area contributed by atoms with E-state index in [0.29, 0.717) is 11.7 Å². The summed E-state index contributed by atoms with van der Waals surface area (Å²) in [6, 6.07) is 8.35. The summed E-state index contributed by atoms with van der Waals surface area (Å²) in [6.07, 6.45) is 0. The van der Waals surface area contributed by atoms with Gasteiger partial charge >= 0.3 is 0 Å². The Morgan fingerprint density at radius 1 is 1.04 bits per heavy atom. The first-order valence-electron chi connectivity index (χ1n) is 7.37. The lowest BCUT2D eigenvalue weighted by atomic mass is 10.2. The Hall–Kier alpha value is -2.12. The fraction of sp³-hybridized carbons (Fsp3) is 0.250. The molecule has 0 saturated carbocycles. The van der Waals surface area contributed by atoms with Gasteiger partial charge in [0.05, 0.1) is 5.69 Å². The monoisotopic (exact) mass is 341 g/mol. The van der Waals surface area contributed by atoms with E-state index in [1.165, 1.54) is 16.9 Å². The second kappa shape index (κ2) is 5.50. The van der Waals surface area contributed by atoms with Crippen LogP contribution in [-0.4, -0.2) is 24.8 Å². The standard InChI is InChI=1S/C16H15N5S2/c1-9(2)12-8-22-15(17-12)13-18-19-16-21(13)20-14(23-16)11-6-4-10(3)5-7-11/h4-9H,1-3H3. The van der Waals surface area contributed by atoms with E-state index >= 15 is 0 Å². The van der Waals surface area contributed by atoms with Crippen molar-refractivity contribution in [3.63, 3.8) is 0 Å². The van der Waals surface area contributed by atoms with Gasteiger partial charge < -0.3 is 0 Å². The van der Waals surface area contributed by atoms with Crippen molar-refractivity contribution in [1.29, 1.82) is 0 Å². The lowest BCUT2D eigenvalue weighted by Gasteiger charge is -1.97. The van der Waals surface area contributed by atoms with Crippen molar-refractivity contribution in [3.05, 3.63) is 40.9 Å². The number of fused-ring (bicyclic) bond motifs is 1. The third kappa shape index (κ3) is 2.55. The van der Waals surface area contributed by atoms with Gasteiger partial charge in [0, 0.05) is 10.9 Å². The molecule has 0 saturated heterocycles. The second-order valence-corrected chi connectivity index (χ2v) is 7.54. The van der Waals surface area contributed by atoms with Crippen LogP contribution in [-0.2, 0) is 0 Å². The molecule has 4 rings (SSSR count). The minimum Gasteiger partial charge on any atom is -0.237 e. The third-order valence-corrected chi connectivity index (χ3v) is 5.40. The third-order valence-electron chi connectivity index (χ3n) is 3.59. The molecule has 4 aromatic rings. The number of rotatable bonds is 3. The summed E-state index contributed by atoms with van der Waals surface area (Å²) in [5.41, 5.74) is 3.41. The highest BCUT2D eigenvalue weighted by Gasteiger charge is 2.17. The van der Waals surface area contributed by atoms with Crippen molar-refractivity contribution in [2.75, 3.05) is 0 Å². The van der Waals surface area contributed by atoms with Crippen molar-refractivity contribution in [3.8, 4) is 21.4 Å². The smallest absolute Gasteiger partial charge is 0.235 e. The van der Waals surface area contributed by atoms with Crippen LogP contribution in [0.5, 0.6) is 0 Å². The van der Waals surface area contributed by atoms with Crippen molar-refractivity contribution in [2.24, 2.45) is 0 Å². The number of benzene rings is 1. The number of nitrogens with zero attached hydrogens (tertiary/aromatic N) is 5. The van der Waals surface area contributed by atoms with E-state index in [4.69, 9.17) is 0 Å². The van der Waals surface area contributed by atoms with Crippen molar-refractivity contribution in [1.82, 2.24) is 24.8 Å². The van der Waals surface area contributed by atoms with Gasteiger partial charge in [-0.3, -0.25) is 0 Å².